The summed E-state index contributed by atoms with van der Waals surface area (Å²) < 4.78 is 0. The summed E-state index contributed by atoms with van der Waals surface area (Å²) in [6, 6.07) is 3.43. The van der Waals surface area contributed by atoms with Crippen molar-refractivity contribution in [3.63, 3.8) is 0 Å². The van der Waals surface area contributed by atoms with Gasteiger partial charge < -0.3 is 11.1 Å². The van der Waals surface area contributed by atoms with Crippen LogP contribution in [0.2, 0.25) is 0 Å². The quantitative estimate of drug-likeness (QED) is 0.816. The SMILES string of the molecule is CCN(C(=O)NC(C)C)c1ccc(N)cn1. The Hall–Kier alpha value is -1.78. The van der Waals surface area contributed by atoms with Gasteiger partial charge >= 0.3 is 6.03 Å². The molecule has 0 aromatic carbocycles. The molecule has 16 heavy (non-hydrogen) atoms. The molecule has 0 unspecified atom stereocenters. The first kappa shape index (κ1) is 12.3. The molecule has 1 aromatic heterocycles. The summed E-state index contributed by atoms with van der Waals surface area (Å²) in [7, 11) is 0. The van der Waals surface area contributed by atoms with Crippen molar-refractivity contribution >= 4 is 17.5 Å². The highest BCUT2D eigenvalue weighted by atomic mass is 16.2. The summed E-state index contributed by atoms with van der Waals surface area (Å²) in [5.74, 6) is 0.606. The van der Waals surface area contributed by atoms with E-state index in [0.29, 0.717) is 18.1 Å². The number of nitrogens with one attached hydrogen (secondary N) is 1. The van der Waals surface area contributed by atoms with Gasteiger partial charge in [-0.2, -0.15) is 0 Å². The van der Waals surface area contributed by atoms with Crippen molar-refractivity contribution in [3.8, 4) is 0 Å². The third-order valence-electron chi connectivity index (χ3n) is 2.02. The van der Waals surface area contributed by atoms with E-state index in [1.54, 1.807) is 23.2 Å². The van der Waals surface area contributed by atoms with E-state index in [0.717, 1.165) is 0 Å². The topological polar surface area (TPSA) is 71.2 Å². The maximum Gasteiger partial charge on any atom is 0.323 e. The molecule has 0 radical (unpaired) electrons. The second-order valence-electron chi connectivity index (χ2n) is 3.80. The number of rotatable bonds is 3. The lowest BCUT2D eigenvalue weighted by molar-refractivity contribution is 0.244. The Bertz CT molecular complexity index is 348. The first-order chi connectivity index (χ1) is 7.54. The van der Waals surface area contributed by atoms with Crippen LogP contribution < -0.4 is 16.0 Å². The van der Waals surface area contributed by atoms with Crippen LogP contribution in [0.25, 0.3) is 0 Å². The van der Waals surface area contributed by atoms with Crippen molar-refractivity contribution in [1.29, 1.82) is 0 Å². The number of amides is 2. The molecule has 0 saturated heterocycles. The predicted octanol–water partition coefficient (Wildman–Crippen LogP) is 1.61. The van der Waals surface area contributed by atoms with Crippen molar-refractivity contribution in [2.75, 3.05) is 17.2 Å². The average Bonchev–Trinajstić information content (AvgIpc) is 2.21. The van der Waals surface area contributed by atoms with E-state index in [9.17, 15) is 4.79 Å². The molecule has 0 atom stereocenters. The van der Waals surface area contributed by atoms with Gasteiger partial charge in [0.15, 0.2) is 0 Å². The van der Waals surface area contributed by atoms with Crippen molar-refractivity contribution in [2.45, 2.75) is 26.8 Å². The van der Waals surface area contributed by atoms with Crippen LogP contribution in [0.15, 0.2) is 18.3 Å². The Balaban J connectivity index is 2.81. The van der Waals surface area contributed by atoms with Crippen LogP contribution in [0, 0.1) is 0 Å². The molecule has 88 valence electrons. The molecule has 0 saturated carbocycles. The first-order valence-corrected chi connectivity index (χ1v) is 5.34. The van der Waals surface area contributed by atoms with Gasteiger partial charge in [-0.25, -0.2) is 9.78 Å². The minimum Gasteiger partial charge on any atom is -0.397 e. The normalized spacial score (nSPS) is 10.2. The highest BCUT2D eigenvalue weighted by Crippen LogP contribution is 2.12. The van der Waals surface area contributed by atoms with Gasteiger partial charge in [0.1, 0.15) is 5.82 Å². The molecule has 0 aliphatic heterocycles. The van der Waals surface area contributed by atoms with E-state index < -0.39 is 0 Å². The second kappa shape index (κ2) is 5.34. The van der Waals surface area contributed by atoms with Crippen LogP contribution in [0.1, 0.15) is 20.8 Å². The summed E-state index contributed by atoms with van der Waals surface area (Å²) in [4.78, 5) is 17.5. The molecule has 0 aliphatic carbocycles. The standard InChI is InChI=1S/C11H18N4O/c1-4-15(11(16)14-8(2)3)10-6-5-9(12)7-13-10/h5-8H,4,12H2,1-3H3,(H,14,16). The van der Waals surface area contributed by atoms with Gasteiger partial charge in [-0.3, -0.25) is 4.90 Å². The fraction of sp³-hybridized carbons (Fsp3) is 0.455. The Morgan fingerprint density at radius 3 is 2.69 bits per heavy atom. The van der Waals surface area contributed by atoms with Gasteiger partial charge in [0.25, 0.3) is 0 Å². The van der Waals surface area contributed by atoms with Crippen molar-refractivity contribution in [2.24, 2.45) is 0 Å². The summed E-state index contributed by atoms with van der Waals surface area (Å²) in [6.45, 7) is 6.30. The summed E-state index contributed by atoms with van der Waals surface area (Å²) in [6.07, 6.45) is 1.54. The largest absolute Gasteiger partial charge is 0.397 e. The maximum atomic E-state index is 11.8. The Labute approximate surface area is 95.7 Å². The highest BCUT2D eigenvalue weighted by molar-refractivity contribution is 5.91. The number of anilines is 2. The molecular formula is C11H18N4O. The van der Waals surface area contributed by atoms with E-state index >= 15 is 0 Å². The van der Waals surface area contributed by atoms with Gasteiger partial charge in [0.05, 0.1) is 11.9 Å². The van der Waals surface area contributed by atoms with Gasteiger partial charge in [-0.05, 0) is 32.9 Å². The lowest BCUT2D eigenvalue weighted by atomic mass is 10.3. The summed E-state index contributed by atoms with van der Waals surface area (Å²) in [5, 5.41) is 2.82. The fourth-order valence-electron chi connectivity index (χ4n) is 1.29. The zero-order valence-electron chi connectivity index (χ0n) is 9.90. The summed E-state index contributed by atoms with van der Waals surface area (Å²) in [5.41, 5.74) is 6.13. The molecular weight excluding hydrogens is 204 g/mol. The number of aromatic nitrogens is 1. The van der Waals surface area contributed by atoms with Crippen LogP contribution in [-0.4, -0.2) is 23.6 Å². The third kappa shape index (κ3) is 3.12. The van der Waals surface area contributed by atoms with Crippen molar-refractivity contribution in [3.05, 3.63) is 18.3 Å². The average molecular weight is 222 g/mol. The van der Waals surface area contributed by atoms with Gasteiger partial charge in [-0.1, -0.05) is 0 Å². The molecule has 0 bridgehead atoms. The van der Waals surface area contributed by atoms with Gasteiger partial charge in [-0.15, -0.1) is 0 Å². The monoisotopic (exact) mass is 222 g/mol. The summed E-state index contributed by atoms with van der Waals surface area (Å²) >= 11 is 0. The number of urea groups is 1. The van der Waals surface area contributed by atoms with Gasteiger partial charge in [0.2, 0.25) is 0 Å². The molecule has 2 amide bonds. The molecule has 1 aromatic rings. The lowest BCUT2D eigenvalue weighted by Gasteiger charge is -2.21. The van der Waals surface area contributed by atoms with Crippen molar-refractivity contribution < 1.29 is 4.79 Å². The first-order valence-electron chi connectivity index (χ1n) is 5.34. The molecule has 3 N–H and O–H groups in total. The van der Waals surface area contributed by atoms with Crippen LogP contribution in [0.5, 0.6) is 0 Å². The number of hydrogen-bond donors (Lipinski definition) is 2. The highest BCUT2D eigenvalue weighted by Gasteiger charge is 2.15. The Morgan fingerprint density at radius 1 is 1.56 bits per heavy atom. The number of hydrogen-bond acceptors (Lipinski definition) is 3. The van der Waals surface area contributed by atoms with Crippen LogP contribution >= 0.6 is 0 Å². The zero-order chi connectivity index (χ0) is 12.1. The van der Waals surface area contributed by atoms with E-state index in [2.05, 4.69) is 10.3 Å². The number of nitrogen functional groups attached to an aromatic ring is 1. The molecule has 1 rings (SSSR count). The van der Waals surface area contributed by atoms with E-state index in [-0.39, 0.29) is 12.1 Å². The smallest absolute Gasteiger partial charge is 0.323 e. The Morgan fingerprint density at radius 2 is 2.25 bits per heavy atom. The predicted molar refractivity (Wildman–Crippen MR) is 65.3 cm³/mol. The minimum absolute atomic E-state index is 0.107. The second-order valence-corrected chi connectivity index (χ2v) is 3.80. The lowest BCUT2D eigenvalue weighted by Crippen LogP contribution is -2.43. The van der Waals surface area contributed by atoms with Gasteiger partial charge in [0, 0.05) is 12.6 Å². The number of carbonyl (C=O) groups excluding carboxylic acids is 1. The number of pyridine rings is 1. The van der Waals surface area contributed by atoms with Crippen molar-refractivity contribution in [1.82, 2.24) is 10.3 Å². The third-order valence-corrected chi connectivity index (χ3v) is 2.02. The fourth-order valence-corrected chi connectivity index (χ4v) is 1.29. The number of nitrogens with two attached hydrogens (primary N) is 1. The molecule has 1 heterocycles. The molecule has 0 spiro atoms. The zero-order valence-corrected chi connectivity index (χ0v) is 9.90. The van der Waals surface area contributed by atoms with Crippen LogP contribution in [0.3, 0.4) is 0 Å². The number of carbonyl (C=O) groups is 1. The number of nitrogens with zero attached hydrogens (tertiary/aromatic N) is 2. The van der Waals surface area contributed by atoms with Crippen LogP contribution in [-0.2, 0) is 0 Å². The van der Waals surface area contributed by atoms with E-state index in [1.165, 1.54) is 0 Å². The Kier molecular flexibility index (Phi) is 4.10. The van der Waals surface area contributed by atoms with Crippen LogP contribution in [0.4, 0.5) is 16.3 Å². The maximum absolute atomic E-state index is 11.8. The molecule has 0 aliphatic rings. The minimum atomic E-state index is -0.144. The van der Waals surface area contributed by atoms with E-state index in [1.807, 2.05) is 20.8 Å². The van der Waals surface area contributed by atoms with E-state index in [4.69, 9.17) is 5.73 Å². The molecule has 5 nitrogen and oxygen atoms in total. The molecule has 0 fully saturated rings. The molecule has 5 heteroatoms.